The van der Waals surface area contributed by atoms with Gasteiger partial charge in [-0.2, -0.15) is 0 Å². The molecule has 4 nitrogen and oxygen atoms in total. The van der Waals surface area contributed by atoms with E-state index in [4.69, 9.17) is 4.99 Å². The van der Waals surface area contributed by atoms with E-state index in [1.54, 1.807) is 0 Å². The number of fused-ring (bicyclic) bond motifs is 4. The van der Waals surface area contributed by atoms with Crippen molar-refractivity contribution in [2.24, 2.45) is 4.99 Å². The number of carbonyl (C=O) groups is 1. The van der Waals surface area contributed by atoms with E-state index in [1.807, 2.05) is 41.3 Å². The van der Waals surface area contributed by atoms with E-state index in [0.29, 0.717) is 6.54 Å². The quantitative estimate of drug-likeness (QED) is 0.807. The third kappa shape index (κ3) is 1.63. The SMILES string of the molecule is CCN1C2=C3N=c4ccccc4=C3CCN2C(=O)c2ccccc21. The molecule has 24 heavy (non-hydrogen) atoms. The second kappa shape index (κ2) is 4.81. The molecule has 1 amide bonds. The number of anilines is 1. The maximum absolute atomic E-state index is 13.0. The molecular weight excluding hydrogens is 298 g/mol. The molecular formula is C20H17N3O. The van der Waals surface area contributed by atoms with Gasteiger partial charge in [-0.25, -0.2) is 4.99 Å². The van der Waals surface area contributed by atoms with Gasteiger partial charge in [0, 0.05) is 18.3 Å². The minimum atomic E-state index is 0.0861. The molecule has 3 aliphatic rings. The van der Waals surface area contributed by atoms with Crippen molar-refractivity contribution in [1.29, 1.82) is 0 Å². The lowest BCUT2D eigenvalue weighted by Gasteiger charge is -2.42. The van der Waals surface area contributed by atoms with Crippen LogP contribution in [0.1, 0.15) is 23.7 Å². The zero-order valence-electron chi connectivity index (χ0n) is 13.5. The van der Waals surface area contributed by atoms with Crippen molar-refractivity contribution in [3.63, 3.8) is 0 Å². The Labute approximate surface area is 140 Å². The third-order valence-electron chi connectivity index (χ3n) is 5.04. The molecule has 3 heterocycles. The van der Waals surface area contributed by atoms with Crippen molar-refractivity contribution in [3.05, 3.63) is 76.2 Å². The van der Waals surface area contributed by atoms with Gasteiger partial charge in [-0.3, -0.25) is 9.69 Å². The van der Waals surface area contributed by atoms with Crippen LogP contribution in [0.15, 0.2) is 65.0 Å². The highest BCUT2D eigenvalue weighted by Gasteiger charge is 2.39. The van der Waals surface area contributed by atoms with Crippen molar-refractivity contribution >= 4 is 17.2 Å². The average Bonchev–Trinajstić information content (AvgIpc) is 3.01. The van der Waals surface area contributed by atoms with Crippen LogP contribution in [-0.2, 0) is 0 Å². The molecule has 0 unspecified atom stereocenters. The Balaban J connectivity index is 1.84. The van der Waals surface area contributed by atoms with Crippen molar-refractivity contribution in [2.45, 2.75) is 13.3 Å². The van der Waals surface area contributed by atoms with Crippen LogP contribution in [0.25, 0.3) is 5.57 Å². The van der Waals surface area contributed by atoms with Crippen LogP contribution in [0.4, 0.5) is 5.69 Å². The standard InChI is InChI=1S/C20H17N3O/c1-2-22-17-10-6-4-8-15(17)20(24)23-12-11-14-13-7-3-5-9-16(13)21-18(14)19(22)23/h3-10H,2,11-12H2,1H3. The molecule has 5 rings (SSSR count). The summed E-state index contributed by atoms with van der Waals surface area (Å²) in [5.41, 5.74) is 3.99. The summed E-state index contributed by atoms with van der Waals surface area (Å²) in [5, 5.41) is 2.22. The highest BCUT2D eigenvalue weighted by molar-refractivity contribution is 6.04. The zero-order chi connectivity index (χ0) is 16.3. The van der Waals surface area contributed by atoms with Gasteiger partial charge in [0.25, 0.3) is 5.91 Å². The van der Waals surface area contributed by atoms with Gasteiger partial charge in [-0.05, 0) is 37.1 Å². The van der Waals surface area contributed by atoms with Crippen LogP contribution in [0.3, 0.4) is 0 Å². The van der Waals surface area contributed by atoms with Gasteiger partial charge in [0.2, 0.25) is 0 Å². The van der Waals surface area contributed by atoms with Crippen LogP contribution in [-0.4, -0.2) is 23.9 Å². The first kappa shape index (κ1) is 13.5. The fourth-order valence-corrected chi connectivity index (χ4v) is 3.98. The zero-order valence-corrected chi connectivity index (χ0v) is 13.5. The summed E-state index contributed by atoms with van der Waals surface area (Å²) < 4.78 is 0. The minimum Gasteiger partial charge on any atom is -0.325 e. The molecule has 0 spiro atoms. The fraction of sp³-hybridized carbons (Fsp3) is 0.200. The van der Waals surface area contributed by atoms with Crippen LogP contribution in [0, 0.1) is 0 Å². The normalized spacial score (nSPS) is 18.0. The molecule has 118 valence electrons. The van der Waals surface area contributed by atoms with E-state index in [-0.39, 0.29) is 5.91 Å². The van der Waals surface area contributed by atoms with Crippen molar-refractivity contribution in [2.75, 3.05) is 18.0 Å². The van der Waals surface area contributed by atoms with Gasteiger partial charge in [0.05, 0.1) is 16.6 Å². The molecule has 4 heteroatoms. The first-order chi connectivity index (χ1) is 11.8. The molecule has 2 aromatic rings. The van der Waals surface area contributed by atoms with Gasteiger partial charge >= 0.3 is 0 Å². The van der Waals surface area contributed by atoms with Gasteiger partial charge in [-0.1, -0.05) is 30.3 Å². The topological polar surface area (TPSA) is 35.9 Å². The van der Waals surface area contributed by atoms with Gasteiger partial charge in [0.1, 0.15) is 11.5 Å². The summed E-state index contributed by atoms with van der Waals surface area (Å²) >= 11 is 0. The summed E-state index contributed by atoms with van der Waals surface area (Å²) in [7, 11) is 0. The largest absolute Gasteiger partial charge is 0.325 e. The molecule has 0 saturated heterocycles. The molecule has 3 aliphatic heterocycles. The second-order valence-corrected chi connectivity index (χ2v) is 6.25. The van der Waals surface area contributed by atoms with E-state index in [2.05, 4.69) is 24.0 Å². The smallest absolute Gasteiger partial charge is 0.261 e. The van der Waals surface area contributed by atoms with Crippen LogP contribution < -0.4 is 15.5 Å². The molecule has 0 fully saturated rings. The molecule has 0 saturated carbocycles. The maximum atomic E-state index is 13.0. The maximum Gasteiger partial charge on any atom is 0.261 e. The molecule has 0 N–H and O–H groups in total. The highest BCUT2D eigenvalue weighted by Crippen LogP contribution is 2.40. The highest BCUT2D eigenvalue weighted by atomic mass is 16.2. The lowest BCUT2D eigenvalue weighted by atomic mass is 9.98. The second-order valence-electron chi connectivity index (χ2n) is 6.25. The van der Waals surface area contributed by atoms with Crippen molar-refractivity contribution < 1.29 is 4.79 Å². The summed E-state index contributed by atoms with van der Waals surface area (Å²) in [5.74, 6) is 1.03. The summed E-state index contributed by atoms with van der Waals surface area (Å²) in [6.45, 7) is 3.63. The Morgan fingerprint density at radius 3 is 2.75 bits per heavy atom. The van der Waals surface area contributed by atoms with Crippen LogP contribution in [0.2, 0.25) is 0 Å². The van der Waals surface area contributed by atoms with E-state index in [1.165, 1.54) is 10.8 Å². The number of hydrogen-bond donors (Lipinski definition) is 0. The molecule has 0 bridgehead atoms. The summed E-state index contributed by atoms with van der Waals surface area (Å²) in [4.78, 5) is 22.0. The predicted molar refractivity (Wildman–Crippen MR) is 92.8 cm³/mol. The lowest BCUT2D eigenvalue weighted by Crippen LogP contribution is -2.47. The minimum absolute atomic E-state index is 0.0861. The molecule has 2 aromatic carbocycles. The van der Waals surface area contributed by atoms with E-state index < -0.39 is 0 Å². The number of allylic oxidation sites excluding steroid dienone is 1. The van der Waals surface area contributed by atoms with E-state index in [9.17, 15) is 4.79 Å². The van der Waals surface area contributed by atoms with Gasteiger partial charge in [-0.15, -0.1) is 0 Å². The Bertz CT molecular complexity index is 1030. The van der Waals surface area contributed by atoms with E-state index >= 15 is 0 Å². The van der Waals surface area contributed by atoms with Crippen LogP contribution >= 0.6 is 0 Å². The number of amides is 1. The van der Waals surface area contributed by atoms with Crippen molar-refractivity contribution in [1.82, 2.24) is 4.90 Å². The number of rotatable bonds is 1. The molecule has 0 aliphatic carbocycles. The third-order valence-corrected chi connectivity index (χ3v) is 5.04. The summed E-state index contributed by atoms with van der Waals surface area (Å²) in [6, 6.07) is 16.1. The fourth-order valence-electron chi connectivity index (χ4n) is 3.98. The summed E-state index contributed by atoms with van der Waals surface area (Å²) in [6.07, 6.45) is 0.852. The number of carbonyl (C=O) groups excluding carboxylic acids is 1. The van der Waals surface area contributed by atoms with Gasteiger partial charge < -0.3 is 4.90 Å². The van der Waals surface area contributed by atoms with Crippen LogP contribution in [0.5, 0.6) is 0 Å². The first-order valence-corrected chi connectivity index (χ1v) is 8.39. The number of benzene rings is 2. The lowest BCUT2D eigenvalue weighted by molar-refractivity contribution is 0.0790. The Hall–Kier alpha value is -2.88. The average molecular weight is 315 g/mol. The Kier molecular flexibility index (Phi) is 2.71. The Morgan fingerprint density at radius 1 is 1.08 bits per heavy atom. The number of nitrogens with zero attached hydrogens (tertiary/aromatic N) is 3. The van der Waals surface area contributed by atoms with Gasteiger partial charge in [0.15, 0.2) is 0 Å². The monoisotopic (exact) mass is 315 g/mol. The Morgan fingerprint density at radius 2 is 1.88 bits per heavy atom. The number of hydrogen-bond acceptors (Lipinski definition) is 3. The first-order valence-electron chi connectivity index (χ1n) is 8.39. The number of para-hydroxylation sites is 2. The van der Waals surface area contributed by atoms with Crippen molar-refractivity contribution in [3.8, 4) is 0 Å². The molecule has 0 atom stereocenters. The molecule has 0 radical (unpaired) electrons. The predicted octanol–water partition coefficient (Wildman–Crippen LogP) is 2.03. The van der Waals surface area contributed by atoms with E-state index in [0.717, 1.165) is 41.1 Å². The molecule has 0 aromatic heterocycles.